The summed E-state index contributed by atoms with van der Waals surface area (Å²) in [5.41, 5.74) is 0.0348. The molecule has 2 rings (SSSR count). The van der Waals surface area contributed by atoms with Gasteiger partial charge in [-0.1, -0.05) is 6.07 Å². The summed E-state index contributed by atoms with van der Waals surface area (Å²) in [5.74, 6) is 0.958. The molecule has 6 heteroatoms. The smallest absolute Gasteiger partial charge is 0.250 e. The van der Waals surface area contributed by atoms with Gasteiger partial charge >= 0.3 is 0 Å². The zero-order valence-corrected chi connectivity index (χ0v) is 10.4. The van der Waals surface area contributed by atoms with Crippen molar-refractivity contribution in [2.45, 2.75) is 13.0 Å². The van der Waals surface area contributed by atoms with Crippen LogP contribution in [0.25, 0.3) is 0 Å². The summed E-state index contributed by atoms with van der Waals surface area (Å²) in [6, 6.07) is 5.18. The molecular weight excluding hydrogens is 230 g/mol. The van der Waals surface area contributed by atoms with E-state index in [1.54, 1.807) is 29.2 Å². The minimum atomic E-state index is 0.0348. The van der Waals surface area contributed by atoms with E-state index in [2.05, 4.69) is 15.5 Å². The molecule has 0 unspecified atom stereocenters. The minimum Gasteiger partial charge on any atom is -0.321 e. The highest BCUT2D eigenvalue weighted by molar-refractivity contribution is 4.93. The third-order valence-electron chi connectivity index (χ3n) is 2.76. The molecule has 0 aromatic carbocycles. The Morgan fingerprint density at radius 1 is 1.33 bits per heavy atom. The number of aromatic nitrogens is 4. The highest BCUT2D eigenvalue weighted by atomic mass is 16.1. The van der Waals surface area contributed by atoms with Crippen LogP contribution in [0.5, 0.6) is 0 Å². The van der Waals surface area contributed by atoms with Crippen LogP contribution in [0.3, 0.4) is 0 Å². The molecule has 2 heterocycles. The van der Waals surface area contributed by atoms with Gasteiger partial charge in [0, 0.05) is 45.4 Å². The molecule has 6 nitrogen and oxygen atoms in total. The predicted octanol–water partition coefficient (Wildman–Crippen LogP) is -0.191. The molecule has 0 radical (unpaired) electrons. The maximum Gasteiger partial charge on any atom is 0.250 e. The molecule has 0 aliphatic carbocycles. The Hall–Kier alpha value is -1.95. The zero-order chi connectivity index (χ0) is 12.8. The second kappa shape index (κ2) is 6.11. The maximum absolute atomic E-state index is 11.4. The van der Waals surface area contributed by atoms with Gasteiger partial charge in [-0.3, -0.25) is 4.79 Å². The molecule has 2 aromatic rings. The average molecular weight is 247 g/mol. The molecular formula is C12H17N5O. The molecule has 0 atom stereocenters. The highest BCUT2D eigenvalue weighted by Crippen LogP contribution is 1.91. The van der Waals surface area contributed by atoms with Crippen molar-refractivity contribution >= 4 is 0 Å². The van der Waals surface area contributed by atoms with Crippen LogP contribution in [0.2, 0.25) is 0 Å². The lowest BCUT2D eigenvalue weighted by Crippen LogP contribution is -2.27. The van der Waals surface area contributed by atoms with Crippen molar-refractivity contribution in [3.63, 3.8) is 0 Å². The highest BCUT2D eigenvalue weighted by Gasteiger charge is 1.99. The molecule has 0 amide bonds. The van der Waals surface area contributed by atoms with Crippen LogP contribution < -0.4 is 10.9 Å². The molecule has 18 heavy (non-hydrogen) atoms. The van der Waals surface area contributed by atoms with E-state index in [1.807, 2.05) is 17.7 Å². The van der Waals surface area contributed by atoms with E-state index in [1.165, 1.54) is 0 Å². The van der Waals surface area contributed by atoms with E-state index in [-0.39, 0.29) is 5.56 Å². The summed E-state index contributed by atoms with van der Waals surface area (Å²) in [4.78, 5) is 11.4. The maximum atomic E-state index is 11.4. The molecule has 0 aliphatic heterocycles. The van der Waals surface area contributed by atoms with E-state index in [0.29, 0.717) is 6.54 Å². The Balaban J connectivity index is 1.69. The van der Waals surface area contributed by atoms with Crippen LogP contribution in [0, 0.1) is 0 Å². The van der Waals surface area contributed by atoms with Crippen molar-refractivity contribution in [3.8, 4) is 0 Å². The number of pyridine rings is 1. The summed E-state index contributed by atoms with van der Waals surface area (Å²) < 4.78 is 3.60. The van der Waals surface area contributed by atoms with Gasteiger partial charge in [0.05, 0.1) is 0 Å². The number of nitrogens with one attached hydrogen (secondary N) is 1. The normalized spacial score (nSPS) is 10.7. The first-order valence-corrected chi connectivity index (χ1v) is 5.96. The molecule has 0 spiro atoms. The Morgan fingerprint density at radius 2 is 2.22 bits per heavy atom. The van der Waals surface area contributed by atoms with E-state index >= 15 is 0 Å². The fourth-order valence-corrected chi connectivity index (χ4v) is 1.70. The summed E-state index contributed by atoms with van der Waals surface area (Å²) >= 11 is 0. The molecule has 0 fully saturated rings. The van der Waals surface area contributed by atoms with Crippen molar-refractivity contribution in [3.05, 3.63) is 46.9 Å². The molecule has 96 valence electrons. The lowest BCUT2D eigenvalue weighted by atomic mass is 10.4. The largest absolute Gasteiger partial charge is 0.321 e. The van der Waals surface area contributed by atoms with Gasteiger partial charge in [0.1, 0.15) is 12.2 Å². The zero-order valence-electron chi connectivity index (χ0n) is 10.4. The Bertz CT molecular complexity index is 545. The van der Waals surface area contributed by atoms with Crippen LogP contribution in [0.15, 0.2) is 35.5 Å². The van der Waals surface area contributed by atoms with Crippen LogP contribution in [-0.4, -0.2) is 32.4 Å². The van der Waals surface area contributed by atoms with Gasteiger partial charge in [0.2, 0.25) is 0 Å². The van der Waals surface area contributed by atoms with Crippen LogP contribution in [0.4, 0.5) is 0 Å². The second-order valence-corrected chi connectivity index (χ2v) is 4.09. The number of aryl methyl sites for hydroxylation is 1. The molecule has 0 bridgehead atoms. The van der Waals surface area contributed by atoms with Crippen molar-refractivity contribution in [2.75, 3.05) is 13.1 Å². The van der Waals surface area contributed by atoms with E-state index in [9.17, 15) is 4.79 Å². The SMILES string of the molecule is Cn1cnnc1CCNCCn1ccccc1=O. The third kappa shape index (κ3) is 3.27. The first-order valence-electron chi connectivity index (χ1n) is 5.96. The van der Waals surface area contributed by atoms with Gasteiger partial charge in [0.25, 0.3) is 5.56 Å². The monoisotopic (exact) mass is 247 g/mol. The third-order valence-corrected chi connectivity index (χ3v) is 2.76. The fraction of sp³-hybridized carbons (Fsp3) is 0.417. The van der Waals surface area contributed by atoms with Crippen LogP contribution in [0.1, 0.15) is 5.82 Å². The Kier molecular flexibility index (Phi) is 4.25. The van der Waals surface area contributed by atoms with Crippen LogP contribution >= 0.6 is 0 Å². The lowest BCUT2D eigenvalue weighted by Gasteiger charge is -2.06. The number of hydrogen-bond donors (Lipinski definition) is 1. The first kappa shape index (κ1) is 12.5. The standard InChI is InChI=1S/C12H17N5O/c1-16-10-14-15-11(16)5-6-13-7-9-17-8-3-2-4-12(17)18/h2-4,8,10,13H,5-7,9H2,1H3. The van der Waals surface area contributed by atoms with Gasteiger partial charge in [-0.15, -0.1) is 10.2 Å². The number of nitrogens with zero attached hydrogens (tertiary/aromatic N) is 4. The minimum absolute atomic E-state index is 0.0348. The second-order valence-electron chi connectivity index (χ2n) is 4.09. The summed E-state index contributed by atoms with van der Waals surface area (Å²) in [6.07, 6.45) is 4.33. The lowest BCUT2D eigenvalue weighted by molar-refractivity contribution is 0.577. The van der Waals surface area contributed by atoms with Gasteiger partial charge in [-0.25, -0.2) is 0 Å². The molecule has 2 aromatic heterocycles. The van der Waals surface area contributed by atoms with E-state index in [4.69, 9.17) is 0 Å². The summed E-state index contributed by atoms with van der Waals surface area (Å²) in [5, 5.41) is 11.1. The Labute approximate surface area is 105 Å². The molecule has 1 N–H and O–H groups in total. The fourth-order valence-electron chi connectivity index (χ4n) is 1.70. The van der Waals surface area contributed by atoms with E-state index < -0.39 is 0 Å². The number of rotatable bonds is 6. The van der Waals surface area contributed by atoms with Gasteiger partial charge in [-0.2, -0.15) is 0 Å². The average Bonchev–Trinajstić information content (AvgIpc) is 2.77. The predicted molar refractivity (Wildman–Crippen MR) is 68.3 cm³/mol. The van der Waals surface area contributed by atoms with Gasteiger partial charge in [-0.05, 0) is 6.07 Å². The topological polar surface area (TPSA) is 64.7 Å². The van der Waals surface area contributed by atoms with E-state index in [0.717, 1.165) is 25.3 Å². The van der Waals surface area contributed by atoms with Crippen LogP contribution in [-0.2, 0) is 20.0 Å². The number of hydrogen-bond acceptors (Lipinski definition) is 4. The van der Waals surface area contributed by atoms with Crippen molar-refractivity contribution in [1.29, 1.82) is 0 Å². The molecule has 0 saturated carbocycles. The van der Waals surface area contributed by atoms with Crippen molar-refractivity contribution < 1.29 is 0 Å². The Morgan fingerprint density at radius 3 is 2.94 bits per heavy atom. The molecule has 0 aliphatic rings. The van der Waals surface area contributed by atoms with Gasteiger partial charge in [0.15, 0.2) is 0 Å². The molecule has 0 saturated heterocycles. The van der Waals surface area contributed by atoms with Crippen molar-refractivity contribution in [1.82, 2.24) is 24.6 Å². The van der Waals surface area contributed by atoms with Crippen molar-refractivity contribution in [2.24, 2.45) is 7.05 Å². The van der Waals surface area contributed by atoms with Gasteiger partial charge < -0.3 is 14.5 Å². The first-order chi connectivity index (χ1) is 8.77. The summed E-state index contributed by atoms with van der Waals surface area (Å²) in [6.45, 7) is 2.27. The quantitative estimate of drug-likeness (QED) is 0.719. The summed E-state index contributed by atoms with van der Waals surface area (Å²) in [7, 11) is 1.93.